The molecule has 176 valence electrons. The number of rotatable bonds is 11. The molecule has 0 fully saturated rings. The fraction of sp³-hybridized carbons (Fsp3) is 0.364. The highest BCUT2D eigenvalue weighted by molar-refractivity contribution is 9.10. The molecule has 9 nitrogen and oxygen atoms in total. The second-order valence-electron chi connectivity index (χ2n) is 6.87. The van der Waals surface area contributed by atoms with E-state index in [1.807, 2.05) is 49.6 Å². The third kappa shape index (κ3) is 5.97. The van der Waals surface area contributed by atoms with Crippen LogP contribution in [0.2, 0.25) is 0 Å². The first-order valence-electron chi connectivity index (χ1n) is 10.3. The zero-order chi connectivity index (χ0) is 24.0. The minimum absolute atomic E-state index is 0.308. The third-order valence-electron chi connectivity index (χ3n) is 4.70. The lowest BCUT2D eigenvalue weighted by Crippen LogP contribution is -2.12. The maximum Gasteiger partial charge on any atom is 0.220 e. The highest BCUT2D eigenvalue weighted by Gasteiger charge is 2.27. The maximum atomic E-state index is 11.6. The molecule has 11 heteroatoms. The van der Waals surface area contributed by atoms with Crippen molar-refractivity contribution < 1.29 is 19.1 Å². The summed E-state index contributed by atoms with van der Waals surface area (Å²) in [6.45, 7) is 6.21. The highest BCUT2D eigenvalue weighted by Crippen LogP contribution is 2.43. The molecule has 0 bridgehead atoms. The Bertz CT molecular complexity index is 1110. The van der Waals surface area contributed by atoms with Crippen molar-refractivity contribution in [3.8, 4) is 22.9 Å². The van der Waals surface area contributed by atoms with E-state index in [9.17, 15) is 10.1 Å². The number of nitro groups is 1. The molecule has 3 rings (SSSR count). The first-order chi connectivity index (χ1) is 15.9. The first-order valence-corrected chi connectivity index (χ1v) is 12.0. The van der Waals surface area contributed by atoms with Crippen molar-refractivity contribution in [3.05, 3.63) is 62.4 Å². The normalized spacial score (nSPS) is 11.8. The summed E-state index contributed by atoms with van der Waals surface area (Å²) in [6, 6.07) is 11.0. The molecule has 1 aromatic heterocycles. The number of aryl methyl sites for hydroxylation is 1. The lowest BCUT2D eigenvalue weighted by Gasteiger charge is -2.19. The number of nitrogens with zero attached hydrogens (tertiary/aromatic N) is 4. The van der Waals surface area contributed by atoms with Gasteiger partial charge < -0.3 is 14.2 Å². The van der Waals surface area contributed by atoms with Gasteiger partial charge in [0.15, 0.2) is 16.7 Å². The van der Waals surface area contributed by atoms with Gasteiger partial charge in [0.05, 0.1) is 20.3 Å². The standard InChI is InChI=1S/C22H25BrN4O5S/c1-5-31-19-11-17(18(23)12-20(19)32-6-2)21(13-26(28)29)33-22-25-24-14(3)27(22)15-7-9-16(30-4)10-8-15/h7-12,21H,5-6,13H2,1-4H3/t21-/m1/s1. The van der Waals surface area contributed by atoms with Gasteiger partial charge in [0.1, 0.15) is 16.8 Å². The Balaban J connectivity index is 2.02. The van der Waals surface area contributed by atoms with Crippen molar-refractivity contribution in [1.29, 1.82) is 0 Å². The van der Waals surface area contributed by atoms with Gasteiger partial charge in [0, 0.05) is 15.1 Å². The van der Waals surface area contributed by atoms with E-state index >= 15 is 0 Å². The van der Waals surface area contributed by atoms with Crippen LogP contribution in [-0.2, 0) is 0 Å². The minimum atomic E-state index is -0.551. The number of hydrogen-bond donors (Lipinski definition) is 0. The molecule has 1 heterocycles. The fourth-order valence-electron chi connectivity index (χ4n) is 3.24. The van der Waals surface area contributed by atoms with Crippen molar-refractivity contribution in [1.82, 2.24) is 14.8 Å². The van der Waals surface area contributed by atoms with Crippen molar-refractivity contribution in [3.63, 3.8) is 0 Å². The average molecular weight is 537 g/mol. The van der Waals surface area contributed by atoms with E-state index in [0.29, 0.717) is 45.7 Å². The molecule has 2 aromatic carbocycles. The number of halogens is 1. The van der Waals surface area contributed by atoms with Crippen LogP contribution in [0.3, 0.4) is 0 Å². The maximum absolute atomic E-state index is 11.6. The van der Waals surface area contributed by atoms with Gasteiger partial charge in [0.2, 0.25) is 6.54 Å². The van der Waals surface area contributed by atoms with Crippen LogP contribution in [0.4, 0.5) is 0 Å². The Labute approximate surface area is 204 Å². The lowest BCUT2D eigenvalue weighted by atomic mass is 10.1. The molecule has 0 amide bonds. The molecule has 0 saturated heterocycles. The Kier molecular flexibility index (Phi) is 8.56. The summed E-state index contributed by atoms with van der Waals surface area (Å²) >= 11 is 4.84. The Morgan fingerprint density at radius 2 is 1.76 bits per heavy atom. The number of methoxy groups -OCH3 is 1. The van der Waals surface area contributed by atoms with Crippen LogP contribution in [0.25, 0.3) is 5.69 Å². The molecule has 0 N–H and O–H groups in total. The van der Waals surface area contributed by atoms with E-state index in [2.05, 4.69) is 26.1 Å². The van der Waals surface area contributed by atoms with E-state index < -0.39 is 5.25 Å². The van der Waals surface area contributed by atoms with Gasteiger partial charge in [-0.2, -0.15) is 0 Å². The molecule has 0 radical (unpaired) electrons. The predicted molar refractivity (Wildman–Crippen MR) is 130 cm³/mol. The fourth-order valence-corrected chi connectivity index (χ4v) is 5.20. The Morgan fingerprint density at radius 3 is 2.33 bits per heavy atom. The molecule has 0 aliphatic rings. The quantitative estimate of drug-likeness (QED) is 0.186. The SMILES string of the molecule is CCOc1cc(Br)c([C@@H](C[N+](=O)[O-])Sc2nnc(C)n2-c2ccc(OC)cc2)cc1OCC. The topological polar surface area (TPSA) is 102 Å². The van der Waals surface area contributed by atoms with E-state index in [4.69, 9.17) is 14.2 Å². The summed E-state index contributed by atoms with van der Waals surface area (Å²) in [7, 11) is 1.60. The van der Waals surface area contributed by atoms with Crippen LogP contribution < -0.4 is 14.2 Å². The summed E-state index contributed by atoms with van der Waals surface area (Å²) in [6.07, 6.45) is 0. The van der Waals surface area contributed by atoms with Crippen LogP contribution in [0.5, 0.6) is 17.2 Å². The van der Waals surface area contributed by atoms with Crippen molar-refractivity contribution in [2.24, 2.45) is 0 Å². The largest absolute Gasteiger partial charge is 0.497 e. The molecular formula is C22H25BrN4O5S. The zero-order valence-electron chi connectivity index (χ0n) is 18.8. The predicted octanol–water partition coefficient (Wildman–Crippen LogP) is 5.25. The van der Waals surface area contributed by atoms with Gasteiger partial charge in [-0.3, -0.25) is 14.7 Å². The number of benzene rings is 2. The number of hydrogen-bond acceptors (Lipinski definition) is 8. The second-order valence-corrected chi connectivity index (χ2v) is 8.90. The number of aromatic nitrogens is 3. The second kappa shape index (κ2) is 11.4. The zero-order valence-corrected chi connectivity index (χ0v) is 21.2. The van der Waals surface area contributed by atoms with Gasteiger partial charge in [-0.1, -0.05) is 27.7 Å². The molecule has 0 unspecified atom stereocenters. The van der Waals surface area contributed by atoms with E-state index in [1.54, 1.807) is 19.2 Å². The van der Waals surface area contributed by atoms with Gasteiger partial charge in [-0.25, -0.2) is 0 Å². The Morgan fingerprint density at radius 1 is 1.12 bits per heavy atom. The van der Waals surface area contributed by atoms with E-state index in [0.717, 1.165) is 11.4 Å². The molecule has 1 atom stereocenters. The van der Waals surface area contributed by atoms with Crippen molar-refractivity contribution >= 4 is 27.7 Å². The van der Waals surface area contributed by atoms with Crippen molar-refractivity contribution in [2.45, 2.75) is 31.2 Å². The molecule has 33 heavy (non-hydrogen) atoms. The van der Waals surface area contributed by atoms with E-state index in [1.165, 1.54) is 11.8 Å². The molecule has 0 aliphatic carbocycles. The summed E-state index contributed by atoms with van der Waals surface area (Å²) < 4.78 is 19.2. The summed E-state index contributed by atoms with van der Waals surface area (Å²) in [5.74, 6) is 2.52. The van der Waals surface area contributed by atoms with Crippen LogP contribution in [0.1, 0.15) is 30.5 Å². The van der Waals surface area contributed by atoms with Gasteiger partial charge in [-0.15, -0.1) is 10.2 Å². The summed E-state index contributed by atoms with van der Waals surface area (Å²) in [4.78, 5) is 11.2. The van der Waals surface area contributed by atoms with Gasteiger partial charge >= 0.3 is 0 Å². The van der Waals surface area contributed by atoms with Crippen LogP contribution in [0, 0.1) is 17.0 Å². The number of thioether (sulfide) groups is 1. The van der Waals surface area contributed by atoms with Crippen LogP contribution in [0.15, 0.2) is 46.0 Å². The Hall–Kier alpha value is -2.79. The molecule has 0 spiro atoms. The van der Waals surface area contributed by atoms with Gasteiger partial charge in [-0.05, 0) is 62.7 Å². The molecule has 0 saturated carbocycles. The van der Waals surface area contributed by atoms with Crippen LogP contribution >= 0.6 is 27.7 Å². The number of ether oxygens (including phenoxy) is 3. The molecular weight excluding hydrogens is 512 g/mol. The summed E-state index contributed by atoms with van der Waals surface area (Å²) in [5, 5.41) is 20.1. The molecule has 3 aromatic rings. The smallest absolute Gasteiger partial charge is 0.220 e. The molecule has 0 aliphatic heterocycles. The van der Waals surface area contributed by atoms with E-state index in [-0.39, 0.29) is 11.5 Å². The first kappa shape index (κ1) is 24.8. The monoisotopic (exact) mass is 536 g/mol. The lowest BCUT2D eigenvalue weighted by molar-refractivity contribution is -0.479. The minimum Gasteiger partial charge on any atom is -0.497 e. The highest BCUT2D eigenvalue weighted by atomic mass is 79.9. The third-order valence-corrected chi connectivity index (χ3v) is 6.55. The van der Waals surface area contributed by atoms with Gasteiger partial charge in [0.25, 0.3) is 0 Å². The summed E-state index contributed by atoms with van der Waals surface area (Å²) in [5.41, 5.74) is 1.55. The van der Waals surface area contributed by atoms with Crippen LogP contribution in [-0.4, -0.2) is 46.6 Å². The average Bonchev–Trinajstić information content (AvgIpc) is 3.15. The van der Waals surface area contributed by atoms with Crippen molar-refractivity contribution in [2.75, 3.05) is 26.9 Å².